The van der Waals surface area contributed by atoms with E-state index in [0.717, 1.165) is 37.6 Å². The molecule has 0 saturated heterocycles. The molecule has 0 atom stereocenters. The number of esters is 1. The molecule has 25 heavy (non-hydrogen) atoms. The average molecular weight is 468 g/mol. The van der Waals surface area contributed by atoms with Gasteiger partial charge in [-0.15, -0.1) is 0 Å². The molecule has 7 nitrogen and oxygen atoms in total. The molecule has 1 heterocycles. The molecule has 0 spiro atoms. The third-order valence-corrected chi connectivity index (χ3v) is 3.50. The van der Waals surface area contributed by atoms with Gasteiger partial charge in [0, 0.05) is 21.9 Å². The first-order valence-electron chi connectivity index (χ1n) is 6.41. The van der Waals surface area contributed by atoms with Crippen molar-refractivity contribution in [1.82, 2.24) is 4.98 Å². The van der Waals surface area contributed by atoms with Crippen LogP contribution in [0.2, 0.25) is 0 Å². The molecule has 0 aliphatic carbocycles. The number of benzene rings is 1. The smallest absolute Gasteiger partial charge is 0.421 e. The molecule has 0 aliphatic heterocycles. The van der Waals surface area contributed by atoms with E-state index >= 15 is 0 Å². The number of alkyl halides is 3. The maximum absolute atomic E-state index is 13.1. The first-order valence-corrected chi connectivity index (χ1v) is 7.48. The Morgan fingerprint density at radius 3 is 2.56 bits per heavy atom. The van der Waals surface area contributed by atoms with Crippen LogP contribution < -0.4 is 4.74 Å². The van der Waals surface area contributed by atoms with Gasteiger partial charge in [0.05, 0.1) is 12.0 Å². The molecule has 2 aromatic rings. The fourth-order valence-corrected chi connectivity index (χ4v) is 2.28. The first-order chi connectivity index (χ1) is 11.6. The molecule has 2 rings (SSSR count). The van der Waals surface area contributed by atoms with E-state index in [9.17, 15) is 28.1 Å². The summed E-state index contributed by atoms with van der Waals surface area (Å²) in [5.41, 5.74) is -2.13. The zero-order valence-electron chi connectivity index (χ0n) is 12.3. The topological polar surface area (TPSA) is 91.6 Å². The molecule has 0 aliphatic rings. The lowest BCUT2D eigenvalue weighted by Gasteiger charge is -2.13. The fraction of sp³-hybridized carbons (Fsp3) is 0.143. The summed E-state index contributed by atoms with van der Waals surface area (Å²) >= 11 is 1.67. The number of hydrogen-bond acceptors (Lipinski definition) is 6. The highest BCUT2D eigenvalue weighted by Crippen LogP contribution is 2.38. The van der Waals surface area contributed by atoms with Crippen LogP contribution in [0.4, 0.5) is 18.9 Å². The normalized spacial score (nSPS) is 11.1. The van der Waals surface area contributed by atoms with Gasteiger partial charge >= 0.3 is 12.1 Å². The zero-order chi connectivity index (χ0) is 18.8. The fourth-order valence-electron chi connectivity index (χ4n) is 1.83. The van der Waals surface area contributed by atoms with Crippen molar-refractivity contribution >= 4 is 34.2 Å². The van der Waals surface area contributed by atoms with Crippen molar-refractivity contribution in [3.63, 3.8) is 0 Å². The first kappa shape index (κ1) is 18.9. The van der Waals surface area contributed by atoms with Crippen molar-refractivity contribution in [2.45, 2.75) is 6.18 Å². The van der Waals surface area contributed by atoms with Gasteiger partial charge in [-0.25, -0.2) is 9.78 Å². The summed E-state index contributed by atoms with van der Waals surface area (Å²) in [6.45, 7) is 0. The zero-order valence-corrected chi connectivity index (χ0v) is 14.5. The number of methoxy groups -OCH3 is 1. The van der Waals surface area contributed by atoms with Crippen molar-refractivity contribution in [1.29, 1.82) is 0 Å². The number of nitrogens with zero attached hydrogens (tertiary/aromatic N) is 2. The third-order valence-electron chi connectivity index (χ3n) is 2.91. The second kappa shape index (κ2) is 7.21. The number of carbonyl (C=O) groups is 1. The van der Waals surface area contributed by atoms with Crippen molar-refractivity contribution in [2.75, 3.05) is 7.11 Å². The van der Waals surface area contributed by atoms with E-state index in [-0.39, 0.29) is 9.32 Å². The number of hydrogen-bond donors (Lipinski definition) is 0. The van der Waals surface area contributed by atoms with Gasteiger partial charge in [0.1, 0.15) is 16.9 Å². The van der Waals surface area contributed by atoms with Crippen LogP contribution in [0.1, 0.15) is 15.9 Å². The predicted octanol–water partition coefficient (Wildman–Crippen LogP) is 4.19. The number of aromatic nitrogens is 1. The van der Waals surface area contributed by atoms with E-state index in [0.29, 0.717) is 0 Å². The number of pyridine rings is 1. The van der Waals surface area contributed by atoms with E-state index in [1.807, 2.05) is 0 Å². The molecular formula is C14H8F3IN2O5. The monoisotopic (exact) mass is 468 g/mol. The second-order valence-corrected chi connectivity index (χ2v) is 5.78. The minimum Gasteiger partial charge on any atom is -0.465 e. The van der Waals surface area contributed by atoms with E-state index < -0.39 is 39.8 Å². The van der Waals surface area contributed by atoms with Gasteiger partial charge in [0.2, 0.25) is 5.88 Å². The summed E-state index contributed by atoms with van der Waals surface area (Å²) in [6.07, 6.45) is -3.55. The lowest BCUT2D eigenvalue weighted by molar-refractivity contribution is -0.385. The summed E-state index contributed by atoms with van der Waals surface area (Å²) in [6, 6.07) is 3.76. The lowest BCUT2D eigenvalue weighted by atomic mass is 10.1. The Morgan fingerprint density at radius 1 is 1.32 bits per heavy atom. The van der Waals surface area contributed by atoms with Crippen LogP contribution in [0.3, 0.4) is 0 Å². The van der Waals surface area contributed by atoms with Crippen LogP contribution in [0.25, 0.3) is 0 Å². The average Bonchev–Trinajstić information content (AvgIpc) is 2.54. The highest BCUT2D eigenvalue weighted by Gasteiger charge is 2.36. The van der Waals surface area contributed by atoms with Crippen LogP contribution in [0, 0.1) is 13.7 Å². The number of rotatable bonds is 4. The van der Waals surface area contributed by atoms with E-state index in [1.165, 1.54) is 0 Å². The molecular weight excluding hydrogens is 460 g/mol. The summed E-state index contributed by atoms with van der Waals surface area (Å²) in [5, 5.41) is 10.9. The third kappa shape index (κ3) is 4.35. The summed E-state index contributed by atoms with van der Waals surface area (Å²) < 4.78 is 49.0. The maximum Gasteiger partial charge on any atom is 0.421 e. The van der Waals surface area contributed by atoms with E-state index in [4.69, 9.17) is 4.74 Å². The minimum atomic E-state index is -4.71. The molecule has 11 heteroatoms. The molecule has 0 fully saturated rings. The van der Waals surface area contributed by atoms with Gasteiger partial charge in [-0.05, 0) is 34.7 Å². The highest BCUT2D eigenvalue weighted by molar-refractivity contribution is 14.1. The molecule has 0 N–H and O–H groups in total. The Kier molecular flexibility index (Phi) is 5.45. The van der Waals surface area contributed by atoms with Gasteiger partial charge in [0.25, 0.3) is 5.69 Å². The Labute approximate surface area is 152 Å². The van der Waals surface area contributed by atoms with Crippen molar-refractivity contribution in [2.24, 2.45) is 0 Å². The number of nitro benzene ring substituents is 1. The van der Waals surface area contributed by atoms with E-state index in [1.54, 1.807) is 22.6 Å². The Hall–Kier alpha value is -2.44. The van der Waals surface area contributed by atoms with Gasteiger partial charge in [-0.2, -0.15) is 13.2 Å². The molecule has 132 valence electrons. The van der Waals surface area contributed by atoms with Crippen LogP contribution in [-0.4, -0.2) is 23.0 Å². The van der Waals surface area contributed by atoms with Crippen LogP contribution in [-0.2, 0) is 10.9 Å². The maximum atomic E-state index is 13.1. The number of halogens is 4. The van der Waals surface area contributed by atoms with Crippen molar-refractivity contribution in [3.05, 3.63) is 55.3 Å². The lowest BCUT2D eigenvalue weighted by Crippen LogP contribution is -2.09. The molecule has 0 unspecified atom stereocenters. The van der Waals surface area contributed by atoms with Crippen LogP contribution in [0.5, 0.6) is 11.6 Å². The summed E-state index contributed by atoms with van der Waals surface area (Å²) in [4.78, 5) is 25.3. The van der Waals surface area contributed by atoms with Crippen molar-refractivity contribution in [3.8, 4) is 11.6 Å². The second-order valence-electron chi connectivity index (χ2n) is 4.53. The number of nitro groups is 1. The van der Waals surface area contributed by atoms with Gasteiger partial charge in [-0.3, -0.25) is 10.1 Å². The Morgan fingerprint density at radius 2 is 2.00 bits per heavy atom. The summed E-state index contributed by atoms with van der Waals surface area (Å²) in [5.74, 6) is -1.99. The van der Waals surface area contributed by atoms with Gasteiger partial charge in [-0.1, -0.05) is 0 Å². The van der Waals surface area contributed by atoms with Crippen LogP contribution >= 0.6 is 22.6 Å². The molecule has 1 aromatic carbocycles. The van der Waals surface area contributed by atoms with Crippen LogP contribution in [0.15, 0.2) is 30.5 Å². The minimum absolute atomic E-state index is 0.231. The standard InChI is InChI=1S/C14H8F3IN2O5/c1-24-13(21)9-5-8(2-3-11(9)20(22)23)25-12-10(14(15,16)17)4-7(18)6-19-12/h2-6H,1H3. The molecule has 1 aromatic heterocycles. The quantitative estimate of drug-likeness (QED) is 0.289. The Balaban J connectivity index is 2.48. The highest BCUT2D eigenvalue weighted by atomic mass is 127. The Bertz CT molecular complexity index is 842. The molecule has 0 saturated carbocycles. The van der Waals surface area contributed by atoms with Crippen molar-refractivity contribution < 1.29 is 32.4 Å². The predicted molar refractivity (Wildman–Crippen MR) is 86.5 cm³/mol. The van der Waals surface area contributed by atoms with Gasteiger partial charge < -0.3 is 9.47 Å². The largest absolute Gasteiger partial charge is 0.465 e. The number of carbonyl (C=O) groups excluding carboxylic acids is 1. The molecule has 0 bridgehead atoms. The SMILES string of the molecule is COC(=O)c1cc(Oc2ncc(I)cc2C(F)(F)F)ccc1[N+](=O)[O-]. The van der Waals surface area contributed by atoms with Gasteiger partial charge in [0.15, 0.2) is 0 Å². The molecule has 0 amide bonds. The number of ether oxygens (including phenoxy) is 2. The summed E-state index contributed by atoms with van der Waals surface area (Å²) in [7, 11) is 1.02. The van der Waals surface area contributed by atoms with E-state index in [2.05, 4.69) is 9.72 Å². The molecule has 0 radical (unpaired) electrons.